The van der Waals surface area contributed by atoms with Gasteiger partial charge in [-0.05, 0) is 12.8 Å². The average Bonchev–Trinajstić information content (AvgIpc) is 2.72. The van der Waals surface area contributed by atoms with Crippen molar-refractivity contribution in [1.82, 2.24) is 0 Å². The number of hydrogen-bond donors (Lipinski definition) is 0. The average molecular weight is 423 g/mol. The van der Waals surface area contributed by atoms with E-state index in [2.05, 4.69) is 13.2 Å². The quantitative estimate of drug-likeness (QED) is 0.0946. The Morgan fingerprint density at radius 3 is 0.833 bits per heavy atom. The maximum absolute atomic E-state index is 11.2. The lowest BCUT2D eigenvalue weighted by Crippen LogP contribution is -1.98. The van der Waals surface area contributed by atoms with Crippen LogP contribution in [0.5, 0.6) is 0 Å². The smallest absolute Gasteiger partial charge is 0.310 e. The molecule has 0 fully saturated rings. The van der Waals surface area contributed by atoms with Gasteiger partial charge in [-0.25, -0.2) is 0 Å². The molecule has 0 heterocycles. The first-order valence-corrected chi connectivity index (χ1v) is 12.3. The van der Waals surface area contributed by atoms with E-state index in [1.165, 1.54) is 102 Å². The van der Waals surface area contributed by atoms with Crippen LogP contribution in [0, 0.1) is 0 Å². The van der Waals surface area contributed by atoms with Crippen LogP contribution in [0.15, 0.2) is 25.7 Å². The van der Waals surface area contributed by atoms with E-state index < -0.39 is 0 Å². The number of esters is 2. The summed E-state index contributed by atoms with van der Waals surface area (Å²) in [6, 6.07) is 0. The number of rotatable bonds is 23. The van der Waals surface area contributed by atoms with Gasteiger partial charge in [0.25, 0.3) is 0 Å². The van der Waals surface area contributed by atoms with E-state index in [0.717, 1.165) is 25.7 Å². The van der Waals surface area contributed by atoms with Gasteiger partial charge < -0.3 is 9.47 Å². The van der Waals surface area contributed by atoms with Crippen molar-refractivity contribution in [1.29, 1.82) is 0 Å². The van der Waals surface area contributed by atoms with Crippen molar-refractivity contribution in [3.05, 3.63) is 25.7 Å². The highest BCUT2D eigenvalue weighted by Crippen LogP contribution is 2.15. The second-order valence-corrected chi connectivity index (χ2v) is 8.18. The predicted octanol–water partition coefficient (Wildman–Crippen LogP) is 8.16. The number of carbonyl (C=O) groups excluding carboxylic acids is 2. The maximum atomic E-state index is 11.2. The van der Waals surface area contributed by atoms with Crippen LogP contribution in [0.2, 0.25) is 0 Å². The summed E-state index contributed by atoms with van der Waals surface area (Å²) in [4.78, 5) is 22.3. The number of unbranched alkanes of at least 4 members (excludes halogenated alkanes) is 17. The van der Waals surface area contributed by atoms with Gasteiger partial charge in [0, 0.05) is 12.8 Å². The number of ether oxygens (including phenoxy) is 2. The minimum Gasteiger partial charge on any atom is -0.435 e. The summed E-state index contributed by atoms with van der Waals surface area (Å²) in [5, 5.41) is 0. The third kappa shape index (κ3) is 22.7. The molecule has 0 N–H and O–H groups in total. The molecular weight excluding hydrogens is 376 g/mol. The van der Waals surface area contributed by atoms with Crippen molar-refractivity contribution in [2.45, 2.75) is 128 Å². The van der Waals surface area contributed by atoms with Gasteiger partial charge in [-0.2, -0.15) is 0 Å². The Labute approximate surface area is 185 Å². The van der Waals surface area contributed by atoms with Crippen LogP contribution < -0.4 is 0 Å². The second-order valence-electron chi connectivity index (χ2n) is 8.18. The Morgan fingerprint density at radius 2 is 0.633 bits per heavy atom. The Kier molecular flexibility index (Phi) is 22.4. The van der Waals surface area contributed by atoms with Crippen LogP contribution in [0.1, 0.15) is 128 Å². The summed E-state index contributed by atoms with van der Waals surface area (Å²) >= 11 is 0. The van der Waals surface area contributed by atoms with E-state index in [1.54, 1.807) is 0 Å². The summed E-state index contributed by atoms with van der Waals surface area (Å²) in [6.07, 6.45) is 26.2. The molecule has 174 valence electrons. The van der Waals surface area contributed by atoms with Crippen molar-refractivity contribution in [3.63, 3.8) is 0 Å². The van der Waals surface area contributed by atoms with Crippen molar-refractivity contribution in [2.75, 3.05) is 0 Å². The van der Waals surface area contributed by atoms with E-state index in [9.17, 15) is 9.59 Å². The summed E-state index contributed by atoms with van der Waals surface area (Å²) in [5.74, 6) is -0.324. The Balaban J connectivity index is 3.09. The minimum absolute atomic E-state index is 0.162. The van der Waals surface area contributed by atoms with Gasteiger partial charge in [0.2, 0.25) is 0 Å². The SMILES string of the molecule is C=COC(=O)CCCCCCCCCCCCCCCCCCCCC(=O)OC=C. The van der Waals surface area contributed by atoms with E-state index in [0.29, 0.717) is 12.8 Å². The van der Waals surface area contributed by atoms with Gasteiger partial charge >= 0.3 is 11.9 Å². The molecule has 0 aromatic rings. The molecule has 0 amide bonds. The van der Waals surface area contributed by atoms with E-state index in [1.807, 2.05) is 0 Å². The topological polar surface area (TPSA) is 52.6 Å². The lowest BCUT2D eigenvalue weighted by Gasteiger charge is -2.04. The first-order valence-electron chi connectivity index (χ1n) is 12.3. The molecule has 0 aliphatic carbocycles. The van der Waals surface area contributed by atoms with Crippen molar-refractivity contribution in [2.24, 2.45) is 0 Å². The molecule has 0 bridgehead atoms. The third-order valence-corrected chi connectivity index (χ3v) is 5.44. The fourth-order valence-corrected chi connectivity index (χ4v) is 3.67. The van der Waals surface area contributed by atoms with Crippen LogP contribution in [0.4, 0.5) is 0 Å². The van der Waals surface area contributed by atoms with E-state index in [4.69, 9.17) is 9.47 Å². The highest BCUT2D eigenvalue weighted by Gasteiger charge is 2.01. The number of carbonyl (C=O) groups is 2. The molecule has 30 heavy (non-hydrogen) atoms. The first-order chi connectivity index (χ1) is 14.7. The van der Waals surface area contributed by atoms with Gasteiger partial charge in [-0.15, -0.1) is 0 Å². The van der Waals surface area contributed by atoms with Gasteiger partial charge in [0.15, 0.2) is 0 Å². The van der Waals surface area contributed by atoms with Crippen molar-refractivity contribution in [3.8, 4) is 0 Å². The van der Waals surface area contributed by atoms with E-state index >= 15 is 0 Å². The molecule has 0 unspecified atom stereocenters. The molecule has 0 aliphatic rings. The van der Waals surface area contributed by atoms with Crippen LogP contribution in [0.3, 0.4) is 0 Å². The molecule has 0 radical (unpaired) electrons. The van der Waals surface area contributed by atoms with Gasteiger partial charge in [-0.1, -0.05) is 116 Å². The maximum Gasteiger partial charge on any atom is 0.310 e. The van der Waals surface area contributed by atoms with E-state index in [-0.39, 0.29) is 11.9 Å². The highest BCUT2D eigenvalue weighted by molar-refractivity contribution is 5.70. The molecule has 0 atom stereocenters. The number of hydrogen-bond acceptors (Lipinski definition) is 4. The molecule has 0 aromatic carbocycles. The van der Waals surface area contributed by atoms with Crippen molar-refractivity contribution >= 4 is 11.9 Å². The highest BCUT2D eigenvalue weighted by atomic mass is 16.5. The largest absolute Gasteiger partial charge is 0.435 e. The first kappa shape index (κ1) is 28.4. The van der Waals surface area contributed by atoms with Crippen molar-refractivity contribution < 1.29 is 19.1 Å². The molecule has 4 nitrogen and oxygen atoms in total. The Bertz CT molecular complexity index is 391. The van der Waals surface area contributed by atoms with Crippen LogP contribution in [0.25, 0.3) is 0 Å². The molecule has 0 saturated carbocycles. The summed E-state index contributed by atoms with van der Waals surface area (Å²) < 4.78 is 9.40. The summed E-state index contributed by atoms with van der Waals surface area (Å²) in [7, 11) is 0. The zero-order valence-electron chi connectivity index (χ0n) is 19.3. The Morgan fingerprint density at radius 1 is 0.433 bits per heavy atom. The molecule has 4 heteroatoms. The third-order valence-electron chi connectivity index (χ3n) is 5.44. The second kappa shape index (κ2) is 23.7. The lowest BCUT2D eigenvalue weighted by atomic mass is 10.0. The Hall–Kier alpha value is -1.58. The van der Waals surface area contributed by atoms with Crippen LogP contribution >= 0.6 is 0 Å². The lowest BCUT2D eigenvalue weighted by molar-refractivity contribution is -0.139. The predicted molar refractivity (Wildman–Crippen MR) is 125 cm³/mol. The van der Waals surface area contributed by atoms with Crippen LogP contribution in [-0.2, 0) is 19.1 Å². The summed E-state index contributed by atoms with van der Waals surface area (Å²) in [6.45, 7) is 6.77. The summed E-state index contributed by atoms with van der Waals surface area (Å²) in [5.41, 5.74) is 0. The van der Waals surface area contributed by atoms with Gasteiger partial charge in [0.1, 0.15) is 0 Å². The molecule has 0 rings (SSSR count). The molecule has 0 spiro atoms. The zero-order chi connectivity index (χ0) is 22.1. The van der Waals surface area contributed by atoms with Gasteiger partial charge in [0.05, 0.1) is 12.5 Å². The van der Waals surface area contributed by atoms with Gasteiger partial charge in [-0.3, -0.25) is 9.59 Å². The molecule has 0 aromatic heterocycles. The standard InChI is InChI=1S/C26H46O4/c1-3-29-25(27)23-21-19-17-15-13-11-9-7-5-6-8-10-12-14-16-18-20-22-24-26(28)30-4-2/h3-4H,1-2,5-24H2. The van der Waals surface area contributed by atoms with Crippen LogP contribution in [-0.4, -0.2) is 11.9 Å². The monoisotopic (exact) mass is 422 g/mol. The molecule has 0 aliphatic heterocycles. The fourth-order valence-electron chi connectivity index (χ4n) is 3.67. The molecule has 0 saturated heterocycles. The molecular formula is C26H46O4. The zero-order valence-corrected chi connectivity index (χ0v) is 19.3. The minimum atomic E-state index is -0.162. The normalized spacial score (nSPS) is 10.5. The fraction of sp³-hybridized carbons (Fsp3) is 0.769.